The summed E-state index contributed by atoms with van der Waals surface area (Å²) in [5.41, 5.74) is 5.23. The van der Waals surface area contributed by atoms with Crippen molar-refractivity contribution in [3.63, 3.8) is 0 Å². The predicted molar refractivity (Wildman–Crippen MR) is 146 cm³/mol. The summed E-state index contributed by atoms with van der Waals surface area (Å²) in [7, 11) is 1.87. The normalized spacial score (nSPS) is 22.9. The van der Waals surface area contributed by atoms with Crippen molar-refractivity contribution in [2.75, 3.05) is 62.7 Å². The van der Waals surface area contributed by atoms with Crippen molar-refractivity contribution < 1.29 is 4.74 Å². The lowest BCUT2D eigenvalue weighted by Gasteiger charge is -2.42. The Morgan fingerprint density at radius 1 is 0.853 bits per heavy atom. The van der Waals surface area contributed by atoms with Gasteiger partial charge in [0.05, 0.1) is 6.10 Å². The lowest BCUT2D eigenvalue weighted by Crippen LogP contribution is -2.47. The first-order valence-corrected chi connectivity index (χ1v) is 14.5. The molecule has 0 bridgehead atoms. The van der Waals surface area contributed by atoms with Crippen molar-refractivity contribution >= 4 is 11.4 Å². The van der Waals surface area contributed by atoms with Crippen LogP contribution in [0.2, 0.25) is 0 Å². The molecule has 0 N–H and O–H groups in total. The van der Waals surface area contributed by atoms with Crippen molar-refractivity contribution in [2.45, 2.75) is 97.0 Å². The van der Waals surface area contributed by atoms with Crippen LogP contribution in [0.1, 0.15) is 96.5 Å². The Hall–Kier alpha value is -1.26. The second-order valence-electron chi connectivity index (χ2n) is 11.3. The van der Waals surface area contributed by atoms with Gasteiger partial charge in [-0.15, -0.1) is 0 Å². The zero-order chi connectivity index (χ0) is 24.0. The van der Waals surface area contributed by atoms with Crippen molar-refractivity contribution in [3.8, 4) is 0 Å². The van der Waals surface area contributed by atoms with Crippen LogP contribution in [0.3, 0.4) is 0 Å². The van der Waals surface area contributed by atoms with Crippen LogP contribution < -0.4 is 9.80 Å². The molecular weight excluding hydrogens is 418 g/mol. The summed E-state index contributed by atoms with van der Waals surface area (Å²) in [6.07, 6.45) is 13.6. The van der Waals surface area contributed by atoms with Gasteiger partial charge in [-0.2, -0.15) is 0 Å². The molecule has 0 radical (unpaired) electrons. The average molecular weight is 470 g/mol. The Kier molecular flexibility index (Phi) is 9.21. The number of ether oxygens (including phenoxy) is 1. The van der Waals surface area contributed by atoms with Crippen LogP contribution in [0.4, 0.5) is 11.4 Å². The molecule has 0 spiro atoms. The van der Waals surface area contributed by atoms with E-state index in [1.165, 1.54) is 95.5 Å². The monoisotopic (exact) mass is 469 g/mol. The van der Waals surface area contributed by atoms with Gasteiger partial charge in [-0.05, 0) is 86.6 Å². The minimum Gasteiger partial charge on any atom is -0.381 e. The zero-order valence-corrected chi connectivity index (χ0v) is 22.7. The Bertz CT molecular complexity index is 735. The van der Waals surface area contributed by atoms with E-state index in [-0.39, 0.29) is 0 Å². The highest BCUT2D eigenvalue weighted by atomic mass is 16.5. The van der Waals surface area contributed by atoms with Crippen LogP contribution in [0.5, 0.6) is 0 Å². The quantitative estimate of drug-likeness (QED) is 0.401. The number of anilines is 2. The van der Waals surface area contributed by atoms with Gasteiger partial charge in [0.15, 0.2) is 0 Å². The smallest absolute Gasteiger partial charge is 0.0605 e. The lowest BCUT2D eigenvalue weighted by molar-refractivity contribution is 0.0819. The molecule has 4 nitrogen and oxygen atoms in total. The second-order valence-corrected chi connectivity index (χ2v) is 11.3. The molecule has 1 aromatic rings. The van der Waals surface area contributed by atoms with Crippen molar-refractivity contribution in [1.29, 1.82) is 0 Å². The van der Waals surface area contributed by atoms with E-state index in [4.69, 9.17) is 4.74 Å². The molecule has 34 heavy (non-hydrogen) atoms. The van der Waals surface area contributed by atoms with E-state index in [1.807, 2.05) is 7.11 Å². The topological polar surface area (TPSA) is 19.0 Å². The van der Waals surface area contributed by atoms with Crippen LogP contribution in [-0.2, 0) is 4.74 Å². The molecule has 3 aliphatic rings. The molecule has 3 fully saturated rings. The molecule has 1 aromatic carbocycles. The van der Waals surface area contributed by atoms with E-state index in [0.717, 1.165) is 31.8 Å². The number of benzene rings is 1. The van der Waals surface area contributed by atoms with Crippen LogP contribution in [0.25, 0.3) is 0 Å². The van der Waals surface area contributed by atoms with Gasteiger partial charge in [0.2, 0.25) is 0 Å². The Labute approximate surface area is 210 Å². The van der Waals surface area contributed by atoms with Crippen LogP contribution in [0, 0.1) is 5.41 Å². The molecule has 1 aliphatic carbocycles. The minimum absolute atomic E-state index is 0.438. The molecule has 1 saturated carbocycles. The molecular formula is C30H51N3O. The molecule has 2 saturated heterocycles. The van der Waals surface area contributed by atoms with Gasteiger partial charge in [0.1, 0.15) is 0 Å². The van der Waals surface area contributed by atoms with Crippen LogP contribution in [-0.4, -0.2) is 63.9 Å². The SMILES string of the molecule is CCCCN1CCN(c2ccc(N3CCC(OC)CC3)cc2C2CCC(CC)(CC)CC2)CC1. The summed E-state index contributed by atoms with van der Waals surface area (Å²) in [5, 5.41) is 0. The van der Waals surface area contributed by atoms with Gasteiger partial charge in [-0.3, -0.25) is 4.90 Å². The molecule has 4 heteroatoms. The minimum atomic E-state index is 0.438. The maximum Gasteiger partial charge on any atom is 0.0605 e. The van der Waals surface area contributed by atoms with Gasteiger partial charge >= 0.3 is 0 Å². The van der Waals surface area contributed by atoms with E-state index in [1.54, 1.807) is 5.56 Å². The van der Waals surface area contributed by atoms with E-state index >= 15 is 0 Å². The summed E-state index contributed by atoms with van der Waals surface area (Å²) < 4.78 is 5.63. The number of piperazine rings is 1. The Morgan fingerprint density at radius 2 is 1.53 bits per heavy atom. The highest BCUT2D eigenvalue weighted by Crippen LogP contribution is 2.49. The number of nitrogens with zero attached hydrogens (tertiary/aromatic N) is 3. The van der Waals surface area contributed by atoms with Gasteiger partial charge in [-0.25, -0.2) is 0 Å². The molecule has 0 unspecified atom stereocenters. The van der Waals surface area contributed by atoms with E-state index in [2.05, 4.69) is 53.7 Å². The molecule has 2 aliphatic heterocycles. The Balaban J connectivity index is 1.52. The maximum atomic E-state index is 5.63. The lowest BCUT2D eigenvalue weighted by atomic mass is 9.66. The number of methoxy groups -OCH3 is 1. The average Bonchev–Trinajstić information content (AvgIpc) is 2.92. The molecule has 2 heterocycles. The van der Waals surface area contributed by atoms with Crippen LogP contribution >= 0.6 is 0 Å². The largest absolute Gasteiger partial charge is 0.381 e. The Morgan fingerprint density at radius 3 is 2.12 bits per heavy atom. The van der Waals surface area contributed by atoms with Crippen molar-refractivity contribution in [1.82, 2.24) is 4.90 Å². The van der Waals surface area contributed by atoms with Gasteiger partial charge in [0, 0.05) is 57.8 Å². The molecule has 0 aromatic heterocycles. The van der Waals surface area contributed by atoms with Gasteiger partial charge in [-0.1, -0.05) is 40.0 Å². The molecule has 4 rings (SSSR count). The number of unbranched alkanes of at least 4 members (excludes halogenated alkanes) is 1. The predicted octanol–water partition coefficient (Wildman–Crippen LogP) is 6.69. The third-order valence-corrected chi connectivity index (χ3v) is 9.68. The fourth-order valence-electron chi connectivity index (χ4n) is 6.80. The zero-order valence-electron chi connectivity index (χ0n) is 22.7. The van der Waals surface area contributed by atoms with Crippen molar-refractivity contribution in [2.24, 2.45) is 5.41 Å². The van der Waals surface area contributed by atoms with E-state index in [9.17, 15) is 0 Å². The summed E-state index contributed by atoms with van der Waals surface area (Å²) in [6, 6.07) is 7.50. The number of hydrogen-bond donors (Lipinski definition) is 0. The third kappa shape index (κ3) is 5.93. The number of piperidine rings is 1. The third-order valence-electron chi connectivity index (χ3n) is 9.68. The molecule has 0 atom stereocenters. The fourth-order valence-corrected chi connectivity index (χ4v) is 6.80. The highest BCUT2D eigenvalue weighted by molar-refractivity contribution is 5.63. The van der Waals surface area contributed by atoms with E-state index in [0.29, 0.717) is 11.5 Å². The number of rotatable bonds is 9. The van der Waals surface area contributed by atoms with E-state index < -0.39 is 0 Å². The van der Waals surface area contributed by atoms with Gasteiger partial charge in [0.25, 0.3) is 0 Å². The standard InChI is InChI=1S/C30H51N3O/c1-5-8-17-31-20-22-33(23-21-31)29-10-9-26(32-18-13-27(34-4)14-19-32)24-28(29)25-11-15-30(6-2,7-3)16-12-25/h9-10,24-25,27H,5-8,11-23H2,1-4H3. The fraction of sp³-hybridized carbons (Fsp3) is 0.800. The first-order chi connectivity index (χ1) is 16.6. The second kappa shape index (κ2) is 12.1. The summed E-state index contributed by atoms with van der Waals surface area (Å²) in [5.74, 6) is 0.718. The summed E-state index contributed by atoms with van der Waals surface area (Å²) in [4.78, 5) is 7.99. The van der Waals surface area contributed by atoms with Crippen LogP contribution in [0.15, 0.2) is 18.2 Å². The number of hydrogen-bond acceptors (Lipinski definition) is 4. The highest BCUT2D eigenvalue weighted by Gasteiger charge is 2.34. The summed E-state index contributed by atoms with van der Waals surface area (Å²) >= 11 is 0. The molecule has 192 valence electrons. The summed E-state index contributed by atoms with van der Waals surface area (Å²) in [6.45, 7) is 15.4. The van der Waals surface area contributed by atoms with Gasteiger partial charge < -0.3 is 14.5 Å². The molecule has 0 amide bonds. The van der Waals surface area contributed by atoms with Crippen molar-refractivity contribution in [3.05, 3.63) is 23.8 Å². The first kappa shape index (κ1) is 25.8. The first-order valence-electron chi connectivity index (χ1n) is 14.5. The maximum absolute atomic E-state index is 5.63.